The van der Waals surface area contributed by atoms with E-state index in [2.05, 4.69) is 31.4 Å². The fourth-order valence-electron chi connectivity index (χ4n) is 2.41. The van der Waals surface area contributed by atoms with E-state index in [1.807, 2.05) is 38.1 Å². The van der Waals surface area contributed by atoms with E-state index in [4.69, 9.17) is 0 Å². The van der Waals surface area contributed by atoms with Crippen LogP contribution in [-0.2, 0) is 15.0 Å². The Morgan fingerprint density at radius 2 is 1.68 bits per heavy atom. The predicted molar refractivity (Wildman–Crippen MR) is 90.9 cm³/mol. The minimum atomic E-state index is -0.198. The molecule has 0 aromatic heterocycles. The van der Waals surface area contributed by atoms with E-state index in [1.54, 1.807) is 0 Å². The lowest BCUT2D eigenvalue weighted by Gasteiger charge is -2.23. The quantitative estimate of drug-likeness (QED) is 0.845. The predicted octanol–water partition coefficient (Wildman–Crippen LogP) is 3.48. The van der Waals surface area contributed by atoms with Gasteiger partial charge in [0.15, 0.2) is 0 Å². The third kappa shape index (κ3) is 5.17. The van der Waals surface area contributed by atoms with Gasteiger partial charge in [0.25, 0.3) is 0 Å². The Morgan fingerprint density at radius 1 is 1.09 bits per heavy atom. The number of carbonyl (C=O) groups is 2. The number of nitrogens with one attached hydrogen (secondary N) is 2. The van der Waals surface area contributed by atoms with E-state index in [1.165, 1.54) is 0 Å². The Hall–Kier alpha value is -1.84. The zero-order chi connectivity index (χ0) is 16.8. The molecule has 0 aliphatic carbocycles. The lowest BCUT2D eigenvalue weighted by molar-refractivity contribution is -0.127. The second kappa shape index (κ2) is 7.97. The van der Waals surface area contributed by atoms with Crippen LogP contribution in [0.5, 0.6) is 0 Å². The van der Waals surface area contributed by atoms with E-state index in [0.29, 0.717) is 0 Å². The number of para-hydroxylation sites is 1. The van der Waals surface area contributed by atoms with Crippen LogP contribution in [0.1, 0.15) is 53.0 Å². The summed E-state index contributed by atoms with van der Waals surface area (Å²) in [5, 5.41) is 5.61. The molecule has 1 aromatic carbocycles. The summed E-state index contributed by atoms with van der Waals surface area (Å²) in [5.41, 5.74) is 1.83. The molecule has 2 N–H and O–H groups in total. The van der Waals surface area contributed by atoms with Crippen LogP contribution in [0.3, 0.4) is 0 Å². The molecular formula is C18H28N2O2. The number of benzene rings is 1. The standard InChI is InChI=1S/C18H28N2O2/c1-6-13(7-2)17(22)19-12-16(21)20-15-11-9-8-10-14(15)18(3,4)5/h8-11,13H,6-7,12H2,1-5H3,(H,19,22)(H,20,21). The van der Waals surface area contributed by atoms with Crippen LogP contribution in [-0.4, -0.2) is 18.4 Å². The van der Waals surface area contributed by atoms with Crippen LogP contribution in [0, 0.1) is 5.92 Å². The van der Waals surface area contributed by atoms with Crippen LogP contribution < -0.4 is 10.6 Å². The zero-order valence-electron chi connectivity index (χ0n) is 14.3. The molecule has 0 spiro atoms. The number of rotatable bonds is 6. The molecule has 0 bridgehead atoms. The Balaban J connectivity index is 2.65. The van der Waals surface area contributed by atoms with E-state index < -0.39 is 0 Å². The fourth-order valence-corrected chi connectivity index (χ4v) is 2.41. The van der Waals surface area contributed by atoms with Gasteiger partial charge in [0, 0.05) is 11.6 Å². The lowest BCUT2D eigenvalue weighted by Crippen LogP contribution is -2.36. The average Bonchev–Trinajstić information content (AvgIpc) is 2.46. The summed E-state index contributed by atoms with van der Waals surface area (Å²) in [6.07, 6.45) is 1.58. The van der Waals surface area contributed by atoms with E-state index in [9.17, 15) is 9.59 Å². The highest BCUT2D eigenvalue weighted by molar-refractivity contribution is 5.95. The summed E-state index contributed by atoms with van der Waals surface area (Å²) < 4.78 is 0. The molecule has 0 fully saturated rings. The minimum Gasteiger partial charge on any atom is -0.347 e. The van der Waals surface area contributed by atoms with Gasteiger partial charge >= 0.3 is 0 Å². The van der Waals surface area contributed by atoms with Gasteiger partial charge in [0.05, 0.1) is 6.54 Å². The molecule has 122 valence electrons. The van der Waals surface area contributed by atoms with Crippen LogP contribution in [0.2, 0.25) is 0 Å². The highest BCUT2D eigenvalue weighted by Gasteiger charge is 2.19. The first-order chi connectivity index (χ1) is 10.3. The molecule has 4 nitrogen and oxygen atoms in total. The molecule has 0 aliphatic heterocycles. The van der Waals surface area contributed by atoms with Crippen LogP contribution >= 0.6 is 0 Å². The molecule has 0 saturated heterocycles. The van der Waals surface area contributed by atoms with Crippen molar-refractivity contribution in [1.29, 1.82) is 0 Å². The SMILES string of the molecule is CCC(CC)C(=O)NCC(=O)Nc1ccccc1C(C)(C)C. The van der Waals surface area contributed by atoms with E-state index in [-0.39, 0.29) is 29.7 Å². The van der Waals surface area contributed by atoms with Crippen molar-refractivity contribution < 1.29 is 9.59 Å². The van der Waals surface area contributed by atoms with Crippen molar-refractivity contribution in [1.82, 2.24) is 5.32 Å². The van der Waals surface area contributed by atoms with Gasteiger partial charge in [-0.15, -0.1) is 0 Å². The number of anilines is 1. The highest BCUT2D eigenvalue weighted by atomic mass is 16.2. The number of carbonyl (C=O) groups excluding carboxylic acids is 2. The molecule has 4 heteroatoms. The Labute approximate surface area is 133 Å². The highest BCUT2D eigenvalue weighted by Crippen LogP contribution is 2.29. The third-order valence-electron chi connectivity index (χ3n) is 3.79. The molecule has 2 amide bonds. The summed E-state index contributed by atoms with van der Waals surface area (Å²) in [6, 6.07) is 7.76. The van der Waals surface area contributed by atoms with E-state index in [0.717, 1.165) is 24.1 Å². The zero-order valence-corrected chi connectivity index (χ0v) is 14.3. The maximum Gasteiger partial charge on any atom is 0.243 e. The topological polar surface area (TPSA) is 58.2 Å². The lowest BCUT2D eigenvalue weighted by atomic mass is 9.86. The summed E-state index contributed by atoms with van der Waals surface area (Å²) >= 11 is 0. The summed E-state index contributed by atoms with van der Waals surface area (Å²) in [5.74, 6) is -0.269. The molecule has 0 radical (unpaired) electrons. The number of hydrogen-bond donors (Lipinski definition) is 2. The summed E-state index contributed by atoms with van der Waals surface area (Å²) in [6.45, 7) is 10.3. The van der Waals surface area contributed by atoms with Crippen molar-refractivity contribution in [2.75, 3.05) is 11.9 Å². The molecule has 1 aromatic rings. The van der Waals surface area contributed by atoms with Crippen LogP contribution in [0.15, 0.2) is 24.3 Å². The minimum absolute atomic E-state index is 0.00775. The first-order valence-electron chi connectivity index (χ1n) is 7.96. The van der Waals surface area contributed by atoms with Gasteiger partial charge in [0.1, 0.15) is 0 Å². The fraction of sp³-hybridized carbons (Fsp3) is 0.556. The number of amides is 2. The van der Waals surface area contributed by atoms with Gasteiger partial charge in [-0.3, -0.25) is 9.59 Å². The molecule has 0 unspecified atom stereocenters. The van der Waals surface area contributed by atoms with Crippen molar-refractivity contribution in [3.63, 3.8) is 0 Å². The molecule has 0 aliphatic rings. The van der Waals surface area contributed by atoms with Gasteiger partial charge < -0.3 is 10.6 Å². The molecule has 0 saturated carbocycles. The average molecular weight is 304 g/mol. The van der Waals surface area contributed by atoms with Gasteiger partial charge in [-0.05, 0) is 29.9 Å². The number of hydrogen-bond acceptors (Lipinski definition) is 2. The van der Waals surface area contributed by atoms with Crippen molar-refractivity contribution in [2.45, 2.75) is 52.9 Å². The van der Waals surface area contributed by atoms with Gasteiger partial charge in [0.2, 0.25) is 11.8 Å². The molecule has 1 rings (SSSR count). The van der Waals surface area contributed by atoms with Crippen LogP contribution in [0.4, 0.5) is 5.69 Å². The summed E-state index contributed by atoms with van der Waals surface area (Å²) in [7, 11) is 0. The van der Waals surface area contributed by atoms with Gasteiger partial charge in [-0.1, -0.05) is 52.8 Å². The maximum absolute atomic E-state index is 12.1. The van der Waals surface area contributed by atoms with Gasteiger partial charge in [-0.25, -0.2) is 0 Å². The largest absolute Gasteiger partial charge is 0.347 e. The monoisotopic (exact) mass is 304 g/mol. The molecule has 0 heterocycles. The second-order valence-electron chi connectivity index (χ2n) is 6.57. The van der Waals surface area contributed by atoms with Crippen LogP contribution in [0.25, 0.3) is 0 Å². The Morgan fingerprint density at radius 3 is 2.23 bits per heavy atom. The van der Waals surface area contributed by atoms with Crippen molar-refractivity contribution >= 4 is 17.5 Å². The molecular weight excluding hydrogens is 276 g/mol. The maximum atomic E-state index is 12.1. The van der Waals surface area contributed by atoms with Crippen molar-refractivity contribution in [2.24, 2.45) is 5.92 Å². The second-order valence-corrected chi connectivity index (χ2v) is 6.57. The Kier molecular flexibility index (Phi) is 6.60. The first kappa shape index (κ1) is 18.2. The van der Waals surface area contributed by atoms with Crippen molar-refractivity contribution in [3.8, 4) is 0 Å². The van der Waals surface area contributed by atoms with Crippen molar-refractivity contribution in [3.05, 3.63) is 29.8 Å². The summed E-state index contributed by atoms with van der Waals surface area (Å²) in [4.78, 5) is 24.0. The Bertz CT molecular complexity index is 514. The normalized spacial score (nSPS) is 11.4. The third-order valence-corrected chi connectivity index (χ3v) is 3.79. The van der Waals surface area contributed by atoms with E-state index >= 15 is 0 Å². The smallest absolute Gasteiger partial charge is 0.243 e. The molecule has 22 heavy (non-hydrogen) atoms. The molecule has 0 atom stereocenters. The first-order valence-corrected chi connectivity index (χ1v) is 7.96. The van der Waals surface area contributed by atoms with Gasteiger partial charge in [-0.2, -0.15) is 0 Å².